The van der Waals surface area contributed by atoms with Crippen LogP contribution in [0.5, 0.6) is 0 Å². The Labute approximate surface area is 134 Å². The van der Waals surface area contributed by atoms with Crippen molar-refractivity contribution in [2.75, 3.05) is 26.7 Å². The van der Waals surface area contributed by atoms with Crippen molar-refractivity contribution < 1.29 is 18.0 Å². The standard InChI is InChI=1S/C15H23F3N4O/c1-20-11-19-9-13(20)3-4-14(23)21(2)12-5-7-22(8-6-12)10-15(16,17)18/h9,11-12H,3-8,10H2,1-2H3. The molecule has 130 valence electrons. The third kappa shape index (κ3) is 5.23. The van der Waals surface area contributed by atoms with E-state index < -0.39 is 12.7 Å². The molecule has 1 aliphatic rings. The van der Waals surface area contributed by atoms with Gasteiger partial charge in [0.15, 0.2) is 0 Å². The maximum absolute atomic E-state index is 12.4. The number of aromatic nitrogens is 2. The van der Waals surface area contributed by atoms with E-state index in [1.807, 2.05) is 11.6 Å². The second-order valence-electron chi connectivity index (χ2n) is 6.12. The second-order valence-corrected chi connectivity index (χ2v) is 6.12. The molecule has 0 N–H and O–H groups in total. The minimum Gasteiger partial charge on any atom is -0.343 e. The number of aryl methyl sites for hydroxylation is 2. The summed E-state index contributed by atoms with van der Waals surface area (Å²) in [6, 6.07) is 0.0264. The molecule has 0 aliphatic carbocycles. The smallest absolute Gasteiger partial charge is 0.343 e. The Bertz CT molecular complexity index is 521. The summed E-state index contributed by atoms with van der Waals surface area (Å²) < 4.78 is 39.0. The van der Waals surface area contributed by atoms with Crippen LogP contribution in [-0.2, 0) is 18.3 Å². The van der Waals surface area contributed by atoms with Gasteiger partial charge in [0, 0.05) is 51.5 Å². The van der Waals surface area contributed by atoms with Crippen LogP contribution in [0.25, 0.3) is 0 Å². The van der Waals surface area contributed by atoms with Crippen molar-refractivity contribution in [1.82, 2.24) is 19.4 Å². The van der Waals surface area contributed by atoms with Gasteiger partial charge in [0.2, 0.25) is 5.91 Å². The van der Waals surface area contributed by atoms with Crippen molar-refractivity contribution in [3.05, 3.63) is 18.2 Å². The van der Waals surface area contributed by atoms with Crippen molar-refractivity contribution >= 4 is 5.91 Å². The Kier molecular flexibility index (Phi) is 5.67. The lowest BCUT2D eigenvalue weighted by Gasteiger charge is -2.37. The van der Waals surface area contributed by atoms with Crippen LogP contribution in [0.15, 0.2) is 12.5 Å². The number of nitrogens with zero attached hydrogens (tertiary/aromatic N) is 4. The molecular formula is C15H23F3N4O. The molecule has 0 bridgehead atoms. The van der Waals surface area contributed by atoms with Crippen LogP contribution in [0.4, 0.5) is 13.2 Å². The van der Waals surface area contributed by atoms with Crippen molar-refractivity contribution in [1.29, 1.82) is 0 Å². The van der Waals surface area contributed by atoms with Gasteiger partial charge in [0.1, 0.15) is 0 Å². The molecule has 1 aliphatic heterocycles. The van der Waals surface area contributed by atoms with E-state index in [1.54, 1.807) is 24.5 Å². The van der Waals surface area contributed by atoms with Crippen LogP contribution in [0.1, 0.15) is 25.0 Å². The fourth-order valence-electron chi connectivity index (χ4n) is 2.96. The molecule has 0 spiro atoms. The second kappa shape index (κ2) is 7.33. The third-order valence-electron chi connectivity index (χ3n) is 4.41. The first-order valence-corrected chi connectivity index (χ1v) is 7.76. The molecule has 1 fully saturated rings. The van der Waals surface area contributed by atoms with E-state index in [9.17, 15) is 18.0 Å². The van der Waals surface area contributed by atoms with Crippen molar-refractivity contribution in [2.45, 2.75) is 37.9 Å². The average Bonchev–Trinajstić information content (AvgIpc) is 2.88. The zero-order valence-electron chi connectivity index (χ0n) is 13.5. The topological polar surface area (TPSA) is 41.4 Å². The van der Waals surface area contributed by atoms with E-state index in [0.29, 0.717) is 38.8 Å². The lowest BCUT2D eigenvalue weighted by Crippen LogP contribution is -2.47. The number of hydrogen-bond acceptors (Lipinski definition) is 3. The Morgan fingerprint density at radius 2 is 2.04 bits per heavy atom. The molecule has 1 aromatic heterocycles. The number of carbonyl (C=O) groups is 1. The molecule has 0 radical (unpaired) electrons. The molecule has 0 atom stereocenters. The lowest BCUT2D eigenvalue weighted by molar-refractivity contribution is -0.150. The van der Waals surface area contributed by atoms with Gasteiger partial charge < -0.3 is 9.47 Å². The highest BCUT2D eigenvalue weighted by atomic mass is 19.4. The first-order valence-electron chi connectivity index (χ1n) is 7.76. The van der Waals surface area contributed by atoms with Gasteiger partial charge in [-0.3, -0.25) is 9.69 Å². The maximum atomic E-state index is 12.4. The number of likely N-dealkylation sites (tertiary alicyclic amines) is 1. The Hall–Kier alpha value is -1.57. The maximum Gasteiger partial charge on any atom is 0.401 e. The quantitative estimate of drug-likeness (QED) is 0.826. The van der Waals surface area contributed by atoms with Gasteiger partial charge in [0.05, 0.1) is 12.9 Å². The van der Waals surface area contributed by atoms with E-state index in [-0.39, 0.29) is 11.9 Å². The van der Waals surface area contributed by atoms with Crippen molar-refractivity contribution in [2.24, 2.45) is 7.05 Å². The summed E-state index contributed by atoms with van der Waals surface area (Å²) in [6.45, 7) is -0.106. The van der Waals surface area contributed by atoms with Gasteiger partial charge >= 0.3 is 6.18 Å². The van der Waals surface area contributed by atoms with Crippen LogP contribution < -0.4 is 0 Å². The van der Waals surface area contributed by atoms with E-state index in [1.165, 1.54) is 4.90 Å². The number of imidazole rings is 1. The Morgan fingerprint density at radius 3 is 2.57 bits per heavy atom. The summed E-state index contributed by atoms with van der Waals surface area (Å²) in [4.78, 5) is 19.4. The van der Waals surface area contributed by atoms with Gasteiger partial charge in [0.25, 0.3) is 0 Å². The normalized spacial score (nSPS) is 17.4. The minimum atomic E-state index is -4.16. The predicted octanol–water partition coefficient (Wildman–Crippen LogP) is 1.84. The van der Waals surface area contributed by atoms with Gasteiger partial charge in [-0.1, -0.05) is 0 Å². The number of rotatable bonds is 5. The first-order chi connectivity index (χ1) is 10.8. The van der Waals surface area contributed by atoms with E-state index >= 15 is 0 Å². The highest BCUT2D eigenvalue weighted by molar-refractivity contribution is 5.76. The van der Waals surface area contributed by atoms with Crippen LogP contribution in [0.2, 0.25) is 0 Å². The Morgan fingerprint density at radius 1 is 1.39 bits per heavy atom. The van der Waals surface area contributed by atoms with Gasteiger partial charge in [-0.25, -0.2) is 4.98 Å². The van der Waals surface area contributed by atoms with Gasteiger partial charge in [-0.05, 0) is 19.3 Å². The summed E-state index contributed by atoms with van der Waals surface area (Å²) >= 11 is 0. The third-order valence-corrected chi connectivity index (χ3v) is 4.41. The molecule has 8 heteroatoms. The number of piperidine rings is 1. The van der Waals surface area contributed by atoms with Crippen LogP contribution >= 0.6 is 0 Å². The highest BCUT2D eigenvalue weighted by Gasteiger charge is 2.33. The van der Waals surface area contributed by atoms with Crippen LogP contribution in [0.3, 0.4) is 0 Å². The zero-order chi connectivity index (χ0) is 17.0. The number of hydrogen-bond donors (Lipinski definition) is 0. The monoisotopic (exact) mass is 332 g/mol. The predicted molar refractivity (Wildman–Crippen MR) is 79.8 cm³/mol. The van der Waals surface area contributed by atoms with E-state index in [0.717, 1.165) is 5.69 Å². The molecule has 23 heavy (non-hydrogen) atoms. The summed E-state index contributed by atoms with van der Waals surface area (Å²) in [5.74, 6) is 0.0282. The first kappa shape index (κ1) is 17.8. The molecule has 1 amide bonds. The van der Waals surface area contributed by atoms with Crippen molar-refractivity contribution in [3.63, 3.8) is 0 Å². The summed E-state index contributed by atoms with van der Waals surface area (Å²) in [7, 11) is 3.63. The van der Waals surface area contributed by atoms with Crippen molar-refractivity contribution in [3.8, 4) is 0 Å². The minimum absolute atomic E-state index is 0.0264. The number of amides is 1. The van der Waals surface area contributed by atoms with E-state index in [2.05, 4.69) is 4.98 Å². The average molecular weight is 332 g/mol. The molecule has 5 nitrogen and oxygen atoms in total. The molecule has 1 aromatic rings. The number of halogens is 3. The van der Waals surface area contributed by atoms with Crippen LogP contribution in [0, 0.1) is 0 Å². The molecule has 0 saturated carbocycles. The van der Waals surface area contributed by atoms with Gasteiger partial charge in [-0.15, -0.1) is 0 Å². The largest absolute Gasteiger partial charge is 0.401 e. The summed E-state index contributed by atoms with van der Waals surface area (Å²) in [5, 5.41) is 0. The van der Waals surface area contributed by atoms with Crippen LogP contribution in [-0.4, -0.2) is 64.2 Å². The molecule has 0 unspecified atom stereocenters. The summed E-state index contributed by atoms with van der Waals surface area (Å²) in [6.07, 6.45) is 1.46. The fourth-order valence-corrected chi connectivity index (χ4v) is 2.96. The van der Waals surface area contributed by atoms with E-state index in [4.69, 9.17) is 0 Å². The summed E-state index contributed by atoms with van der Waals surface area (Å²) in [5.41, 5.74) is 0.992. The Balaban J connectivity index is 1.76. The molecule has 2 heterocycles. The molecule has 0 aromatic carbocycles. The fraction of sp³-hybridized carbons (Fsp3) is 0.733. The highest BCUT2D eigenvalue weighted by Crippen LogP contribution is 2.22. The number of carbonyl (C=O) groups excluding carboxylic acids is 1. The number of alkyl halides is 3. The molecule has 2 rings (SSSR count). The zero-order valence-corrected chi connectivity index (χ0v) is 13.5. The SMILES string of the molecule is CN(C(=O)CCc1cncn1C)C1CCN(CC(F)(F)F)CC1. The molecular weight excluding hydrogens is 309 g/mol. The van der Waals surface area contributed by atoms with Gasteiger partial charge in [-0.2, -0.15) is 13.2 Å². The lowest BCUT2D eigenvalue weighted by atomic mass is 10.0. The molecule has 1 saturated heterocycles.